The van der Waals surface area contributed by atoms with Gasteiger partial charge in [0, 0.05) is 0 Å². The van der Waals surface area contributed by atoms with Crippen LogP contribution in [-0.4, -0.2) is 13.1 Å². The fourth-order valence-electron chi connectivity index (χ4n) is 0.930. The Bertz CT molecular complexity index is 114. The monoisotopic (exact) mass is 139 g/mol. The Balaban J connectivity index is 1.80. The standard InChI is InChI=1S/C9H17N/c1-8(2)5-6-10-7-9-3-4-9/h9-10H,1,3-7H2,2H3. The van der Waals surface area contributed by atoms with E-state index in [1.54, 1.807) is 0 Å². The largest absolute Gasteiger partial charge is 0.316 e. The molecule has 0 saturated heterocycles. The summed E-state index contributed by atoms with van der Waals surface area (Å²) in [6.45, 7) is 8.28. The van der Waals surface area contributed by atoms with Crippen LogP contribution in [0.25, 0.3) is 0 Å². The Morgan fingerprint density at radius 2 is 2.30 bits per heavy atom. The van der Waals surface area contributed by atoms with Crippen molar-refractivity contribution in [2.75, 3.05) is 13.1 Å². The van der Waals surface area contributed by atoms with Crippen LogP contribution in [0.15, 0.2) is 12.2 Å². The van der Waals surface area contributed by atoms with Crippen LogP contribution in [0.3, 0.4) is 0 Å². The fraction of sp³-hybridized carbons (Fsp3) is 0.778. The van der Waals surface area contributed by atoms with Crippen molar-refractivity contribution in [3.63, 3.8) is 0 Å². The molecule has 0 atom stereocenters. The van der Waals surface area contributed by atoms with Crippen LogP contribution in [0.2, 0.25) is 0 Å². The zero-order valence-corrected chi connectivity index (χ0v) is 6.82. The van der Waals surface area contributed by atoms with Gasteiger partial charge in [0.2, 0.25) is 0 Å². The summed E-state index contributed by atoms with van der Waals surface area (Å²) in [7, 11) is 0. The van der Waals surface area contributed by atoms with Gasteiger partial charge in [0.05, 0.1) is 0 Å². The van der Waals surface area contributed by atoms with Crippen LogP contribution in [0.1, 0.15) is 26.2 Å². The molecule has 0 heterocycles. The summed E-state index contributed by atoms with van der Waals surface area (Å²) in [5.41, 5.74) is 1.28. The molecule has 1 N–H and O–H groups in total. The summed E-state index contributed by atoms with van der Waals surface area (Å²) < 4.78 is 0. The lowest BCUT2D eigenvalue weighted by Crippen LogP contribution is -2.17. The quantitative estimate of drug-likeness (QED) is 0.453. The van der Waals surface area contributed by atoms with Crippen molar-refractivity contribution in [3.05, 3.63) is 12.2 Å². The Kier molecular flexibility index (Phi) is 2.94. The van der Waals surface area contributed by atoms with Gasteiger partial charge in [0.15, 0.2) is 0 Å². The lowest BCUT2D eigenvalue weighted by atomic mass is 10.2. The summed E-state index contributed by atoms with van der Waals surface area (Å²) >= 11 is 0. The average molecular weight is 139 g/mol. The number of nitrogens with one attached hydrogen (secondary N) is 1. The van der Waals surface area contributed by atoms with Crippen molar-refractivity contribution in [2.24, 2.45) is 5.92 Å². The maximum absolute atomic E-state index is 3.85. The van der Waals surface area contributed by atoms with Gasteiger partial charge in [-0.15, -0.1) is 6.58 Å². The first-order valence-electron chi connectivity index (χ1n) is 4.14. The first-order chi connectivity index (χ1) is 4.79. The first-order valence-corrected chi connectivity index (χ1v) is 4.14. The molecule has 10 heavy (non-hydrogen) atoms. The van der Waals surface area contributed by atoms with Crippen molar-refractivity contribution >= 4 is 0 Å². The van der Waals surface area contributed by atoms with Crippen molar-refractivity contribution < 1.29 is 0 Å². The molecule has 0 aromatic heterocycles. The minimum absolute atomic E-state index is 1.00. The van der Waals surface area contributed by atoms with Crippen LogP contribution in [0, 0.1) is 5.92 Å². The minimum atomic E-state index is 1.00. The molecule has 1 fully saturated rings. The van der Waals surface area contributed by atoms with Gasteiger partial charge in [-0.2, -0.15) is 0 Å². The molecule has 1 nitrogen and oxygen atoms in total. The van der Waals surface area contributed by atoms with Gasteiger partial charge < -0.3 is 5.32 Å². The Hall–Kier alpha value is -0.300. The Labute approximate surface area is 63.5 Å². The molecular weight excluding hydrogens is 122 g/mol. The van der Waals surface area contributed by atoms with E-state index in [9.17, 15) is 0 Å². The Morgan fingerprint density at radius 1 is 1.60 bits per heavy atom. The average Bonchev–Trinajstić information content (AvgIpc) is 2.62. The van der Waals surface area contributed by atoms with E-state index in [2.05, 4.69) is 18.8 Å². The van der Waals surface area contributed by atoms with Crippen molar-refractivity contribution in [2.45, 2.75) is 26.2 Å². The molecule has 58 valence electrons. The van der Waals surface area contributed by atoms with Crippen LogP contribution in [0.4, 0.5) is 0 Å². The van der Waals surface area contributed by atoms with E-state index in [4.69, 9.17) is 0 Å². The van der Waals surface area contributed by atoms with Gasteiger partial charge in [-0.3, -0.25) is 0 Å². The SMILES string of the molecule is C=C(C)CCNCC1CC1. The van der Waals surface area contributed by atoms with Crippen molar-refractivity contribution in [1.29, 1.82) is 0 Å². The van der Waals surface area contributed by atoms with Crippen molar-refractivity contribution in [3.8, 4) is 0 Å². The fourth-order valence-corrected chi connectivity index (χ4v) is 0.930. The molecule has 1 aliphatic rings. The maximum atomic E-state index is 3.85. The second-order valence-electron chi connectivity index (χ2n) is 3.35. The summed E-state index contributed by atoms with van der Waals surface area (Å²) in [6, 6.07) is 0. The molecule has 0 aromatic carbocycles. The maximum Gasteiger partial charge on any atom is -0.00117 e. The Morgan fingerprint density at radius 3 is 2.80 bits per heavy atom. The van der Waals surface area contributed by atoms with E-state index in [1.165, 1.54) is 25.0 Å². The normalized spacial score (nSPS) is 17.3. The third-order valence-corrected chi connectivity index (χ3v) is 1.86. The third kappa shape index (κ3) is 3.67. The topological polar surface area (TPSA) is 12.0 Å². The summed E-state index contributed by atoms with van der Waals surface area (Å²) in [5, 5.41) is 3.42. The van der Waals surface area contributed by atoms with Gasteiger partial charge in [-0.25, -0.2) is 0 Å². The molecule has 0 amide bonds. The molecule has 0 bridgehead atoms. The summed E-state index contributed by atoms with van der Waals surface area (Å²) in [4.78, 5) is 0. The highest BCUT2D eigenvalue weighted by molar-refractivity contribution is 4.88. The zero-order valence-electron chi connectivity index (χ0n) is 6.82. The van der Waals surface area contributed by atoms with Crippen molar-refractivity contribution in [1.82, 2.24) is 5.32 Å². The smallest absolute Gasteiger partial charge is 0.00117 e. The van der Waals surface area contributed by atoms with E-state index in [-0.39, 0.29) is 0 Å². The summed E-state index contributed by atoms with van der Waals surface area (Å²) in [6.07, 6.45) is 4.02. The van der Waals surface area contributed by atoms with Gasteiger partial charge in [-0.05, 0) is 45.2 Å². The highest BCUT2D eigenvalue weighted by Gasteiger charge is 2.19. The van der Waals surface area contributed by atoms with Crippen LogP contribution >= 0.6 is 0 Å². The molecule has 1 heteroatoms. The van der Waals surface area contributed by atoms with Crippen LogP contribution in [0.5, 0.6) is 0 Å². The van der Waals surface area contributed by atoms with Crippen LogP contribution < -0.4 is 5.32 Å². The van der Waals surface area contributed by atoms with E-state index in [0.717, 1.165) is 18.9 Å². The van der Waals surface area contributed by atoms with E-state index < -0.39 is 0 Å². The molecule has 0 aliphatic heterocycles. The number of rotatable bonds is 5. The van der Waals surface area contributed by atoms with Gasteiger partial charge in [0.1, 0.15) is 0 Å². The van der Waals surface area contributed by atoms with E-state index in [1.807, 2.05) is 0 Å². The second kappa shape index (κ2) is 3.77. The van der Waals surface area contributed by atoms with Crippen LogP contribution in [-0.2, 0) is 0 Å². The highest BCUT2D eigenvalue weighted by Crippen LogP contribution is 2.27. The lowest BCUT2D eigenvalue weighted by Gasteiger charge is -2.01. The highest BCUT2D eigenvalue weighted by atomic mass is 14.9. The molecule has 1 saturated carbocycles. The predicted octanol–water partition coefficient (Wildman–Crippen LogP) is 1.95. The molecule has 0 unspecified atom stereocenters. The summed E-state index contributed by atoms with van der Waals surface area (Å²) in [5.74, 6) is 1.00. The molecule has 1 aliphatic carbocycles. The first kappa shape index (κ1) is 7.80. The van der Waals surface area contributed by atoms with E-state index >= 15 is 0 Å². The lowest BCUT2D eigenvalue weighted by molar-refractivity contribution is 0.636. The predicted molar refractivity (Wildman–Crippen MR) is 45.0 cm³/mol. The molecule has 1 rings (SSSR count). The van der Waals surface area contributed by atoms with E-state index in [0.29, 0.717) is 0 Å². The molecule has 0 spiro atoms. The minimum Gasteiger partial charge on any atom is -0.316 e. The number of hydrogen-bond acceptors (Lipinski definition) is 1. The third-order valence-electron chi connectivity index (χ3n) is 1.86. The molecule has 0 aromatic rings. The second-order valence-corrected chi connectivity index (χ2v) is 3.35. The molecular formula is C9H17N. The van der Waals surface area contributed by atoms with Gasteiger partial charge in [0.25, 0.3) is 0 Å². The van der Waals surface area contributed by atoms with Gasteiger partial charge in [-0.1, -0.05) is 5.57 Å². The van der Waals surface area contributed by atoms with Gasteiger partial charge >= 0.3 is 0 Å². The molecule has 0 radical (unpaired) electrons. The number of hydrogen-bond donors (Lipinski definition) is 1. The zero-order chi connectivity index (χ0) is 7.40.